The number of hydrogen-bond acceptors (Lipinski definition) is 4. The number of fused-ring (bicyclic) bond motifs is 3. The maximum absolute atomic E-state index is 13.1. The molecule has 140 valence electrons. The minimum atomic E-state index is -0.733. The molecule has 2 aromatic heterocycles. The molecule has 1 aliphatic rings. The van der Waals surface area contributed by atoms with Crippen molar-refractivity contribution in [3.63, 3.8) is 0 Å². The van der Waals surface area contributed by atoms with E-state index in [0.717, 1.165) is 36.1 Å². The summed E-state index contributed by atoms with van der Waals surface area (Å²) in [4.78, 5) is 32.2. The number of thiophene rings is 1. The van der Waals surface area contributed by atoms with E-state index >= 15 is 0 Å². The van der Waals surface area contributed by atoms with Crippen LogP contribution in [0.5, 0.6) is 0 Å². The van der Waals surface area contributed by atoms with Gasteiger partial charge in [-0.2, -0.15) is 0 Å². The fraction of sp³-hybridized carbons (Fsp3) is 0.316. The lowest BCUT2D eigenvalue weighted by Gasteiger charge is -2.16. The summed E-state index contributed by atoms with van der Waals surface area (Å²) in [6.07, 6.45) is 5.58. The molecule has 2 heterocycles. The number of aromatic nitrogens is 2. The Morgan fingerprint density at radius 3 is 2.89 bits per heavy atom. The van der Waals surface area contributed by atoms with Crippen molar-refractivity contribution in [2.24, 2.45) is 0 Å². The SMILES string of the molecule is CC(C(=O)Nc1cc(Cl)ccc1Cl)n1cnc2sc3c(c2c1=O)CCCC3. The van der Waals surface area contributed by atoms with Gasteiger partial charge in [0.1, 0.15) is 10.9 Å². The molecule has 1 aromatic carbocycles. The van der Waals surface area contributed by atoms with Gasteiger partial charge in [0.2, 0.25) is 5.91 Å². The van der Waals surface area contributed by atoms with Gasteiger partial charge in [0, 0.05) is 9.90 Å². The fourth-order valence-electron chi connectivity index (χ4n) is 3.39. The first kappa shape index (κ1) is 18.5. The van der Waals surface area contributed by atoms with Gasteiger partial charge < -0.3 is 5.32 Å². The van der Waals surface area contributed by atoms with Crippen LogP contribution in [0.25, 0.3) is 10.2 Å². The molecular weight excluding hydrogens is 405 g/mol. The number of carbonyl (C=O) groups is 1. The van der Waals surface area contributed by atoms with Crippen LogP contribution < -0.4 is 10.9 Å². The maximum Gasteiger partial charge on any atom is 0.263 e. The van der Waals surface area contributed by atoms with Gasteiger partial charge in [-0.15, -0.1) is 11.3 Å². The van der Waals surface area contributed by atoms with Crippen LogP contribution in [0.1, 0.15) is 36.2 Å². The third-order valence-electron chi connectivity index (χ3n) is 4.88. The van der Waals surface area contributed by atoms with Gasteiger partial charge in [0.05, 0.1) is 22.4 Å². The molecule has 0 bridgehead atoms. The lowest BCUT2D eigenvalue weighted by molar-refractivity contribution is -0.118. The summed E-state index contributed by atoms with van der Waals surface area (Å²) in [5.74, 6) is -0.355. The minimum absolute atomic E-state index is 0.167. The van der Waals surface area contributed by atoms with Crippen molar-refractivity contribution in [3.8, 4) is 0 Å². The van der Waals surface area contributed by atoms with Crippen molar-refractivity contribution in [2.45, 2.75) is 38.6 Å². The zero-order valence-corrected chi connectivity index (χ0v) is 16.9. The molecule has 5 nitrogen and oxygen atoms in total. The van der Waals surface area contributed by atoms with E-state index in [1.165, 1.54) is 15.8 Å². The molecule has 8 heteroatoms. The molecule has 27 heavy (non-hydrogen) atoms. The van der Waals surface area contributed by atoms with Crippen molar-refractivity contribution >= 4 is 56.3 Å². The molecule has 0 saturated carbocycles. The molecule has 1 N–H and O–H groups in total. The zero-order valence-electron chi connectivity index (χ0n) is 14.6. The predicted molar refractivity (Wildman–Crippen MR) is 110 cm³/mol. The van der Waals surface area contributed by atoms with Gasteiger partial charge in [-0.25, -0.2) is 4.98 Å². The zero-order chi connectivity index (χ0) is 19.1. The van der Waals surface area contributed by atoms with E-state index in [2.05, 4.69) is 10.3 Å². The van der Waals surface area contributed by atoms with Crippen LogP contribution >= 0.6 is 34.5 Å². The van der Waals surface area contributed by atoms with E-state index < -0.39 is 6.04 Å². The van der Waals surface area contributed by atoms with E-state index in [1.807, 2.05) is 0 Å². The Morgan fingerprint density at radius 2 is 2.07 bits per heavy atom. The second-order valence-corrected chi connectivity index (χ2v) is 8.56. The average Bonchev–Trinajstić information content (AvgIpc) is 3.04. The standard InChI is InChI=1S/C19H17Cl2N3O2S/c1-10(17(25)23-14-8-11(20)6-7-13(14)21)24-9-22-18-16(19(24)26)12-4-2-3-5-15(12)27-18/h6-10H,2-5H2,1H3,(H,23,25). The number of benzene rings is 1. The Balaban J connectivity index is 1.69. The molecule has 4 rings (SSSR count). The van der Waals surface area contributed by atoms with Gasteiger partial charge in [0.25, 0.3) is 5.56 Å². The van der Waals surface area contributed by atoms with Gasteiger partial charge in [-0.1, -0.05) is 23.2 Å². The van der Waals surface area contributed by atoms with Crippen LogP contribution in [0.2, 0.25) is 10.0 Å². The van der Waals surface area contributed by atoms with E-state index in [0.29, 0.717) is 21.1 Å². The van der Waals surface area contributed by atoms with Crippen molar-refractivity contribution in [2.75, 3.05) is 5.32 Å². The second-order valence-electron chi connectivity index (χ2n) is 6.64. The van der Waals surface area contributed by atoms with Crippen LogP contribution in [0.15, 0.2) is 29.3 Å². The highest BCUT2D eigenvalue weighted by atomic mass is 35.5. The topological polar surface area (TPSA) is 64.0 Å². The Hall–Kier alpha value is -1.89. The van der Waals surface area contributed by atoms with Crippen molar-refractivity contribution < 1.29 is 4.79 Å². The van der Waals surface area contributed by atoms with Crippen LogP contribution in [-0.4, -0.2) is 15.5 Å². The molecule has 0 saturated heterocycles. The average molecular weight is 422 g/mol. The number of carbonyl (C=O) groups excluding carboxylic acids is 1. The Bertz CT molecular complexity index is 1110. The molecule has 1 unspecified atom stereocenters. The Labute approximate surface area is 169 Å². The number of rotatable bonds is 3. The number of nitrogens with zero attached hydrogens (tertiary/aromatic N) is 2. The maximum atomic E-state index is 13.1. The van der Waals surface area contributed by atoms with E-state index in [-0.39, 0.29) is 11.5 Å². The van der Waals surface area contributed by atoms with Crippen LogP contribution in [0.3, 0.4) is 0 Å². The van der Waals surface area contributed by atoms with Gasteiger partial charge >= 0.3 is 0 Å². The van der Waals surface area contributed by atoms with Gasteiger partial charge in [0.15, 0.2) is 0 Å². The normalized spacial score (nSPS) is 14.8. The number of anilines is 1. The molecular formula is C19H17Cl2N3O2S. The van der Waals surface area contributed by atoms with Crippen molar-refractivity contribution in [1.82, 2.24) is 9.55 Å². The first-order valence-corrected chi connectivity index (χ1v) is 10.3. The molecule has 1 atom stereocenters. The Morgan fingerprint density at radius 1 is 1.30 bits per heavy atom. The second kappa shape index (κ2) is 7.26. The number of aryl methyl sites for hydroxylation is 2. The quantitative estimate of drug-likeness (QED) is 0.657. The summed E-state index contributed by atoms with van der Waals surface area (Å²) in [6.45, 7) is 1.67. The van der Waals surface area contributed by atoms with E-state index in [4.69, 9.17) is 23.2 Å². The number of hydrogen-bond donors (Lipinski definition) is 1. The molecule has 1 aliphatic carbocycles. The lowest BCUT2D eigenvalue weighted by Crippen LogP contribution is -2.32. The largest absolute Gasteiger partial charge is 0.323 e. The number of nitrogens with one attached hydrogen (secondary N) is 1. The number of halogens is 2. The van der Waals surface area contributed by atoms with Crippen LogP contribution in [0, 0.1) is 0 Å². The predicted octanol–water partition coefficient (Wildman–Crippen LogP) is 4.84. The third-order valence-corrected chi connectivity index (χ3v) is 6.65. The van der Waals surface area contributed by atoms with Crippen molar-refractivity contribution in [3.05, 3.63) is 55.4 Å². The highest BCUT2D eigenvalue weighted by Crippen LogP contribution is 2.33. The molecule has 3 aromatic rings. The molecule has 1 amide bonds. The van der Waals surface area contributed by atoms with Crippen molar-refractivity contribution in [1.29, 1.82) is 0 Å². The monoisotopic (exact) mass is 421 g/mol. The molecule has 0 radical (unpaired) electrons. The van der Waals surface area contributed by atoms with E-state index in [1.54, 1.807) is 36.5 Å². The van der Waals surface area contributed by atoms with Gasteiger partial charge in [-0.3, -0.25) is 14.2 Å². The summed E-state index contributed by atoms with van der Waals surface area (Å²) in [6, 6.07) is 4.10. The van der Waals surface area contributed by atoms with Crippen LogP contribution in [0.4, 0.5) is 5.69 Å². The first-order chi connectivity index (χ1) is 13.0. The molecule has 0 fully saturated rings. The summed E-state index contributed by atoms with van der Waals surface area (Å²) in [7, 11) is 0. The minimum Gasteiger partial charge on any atom is -0.323 e. The lowest BCUT2D eigenvalue weighted by atomic mass is 9.97. The number of amides is 1. The molecule has 0 aliphatic heterocycles. The highest BCUT2D eigenvalue weighted by Gasteiger charge is 2.23. The van der Waals surface area contributed by atoms with E-state index in [9.17, 15) is 9.59 Å². The Kier molecular flexibility index (Phi) is 4.97. The van der Waals surface area contributed by atoms with Gasteiger partial charge in [-0.05, 0) is 56.4 Å². The summed E-state index contributed by atoms with van der Waals surface area (Å²) in [5.41, 5.74) is 1.36. The first-order valence-electron chi connectivity index (χ1n) is 8.73. The molecule has 0 spiro atoms. The third kappa shape index (κ3) is 3.37. The summed E-state index contributed by atoms with van der Waals surface area (Å²) in [5, 5.41) is 4.25. The fourth-order valence-corrected chi connectivity index (χ4v) is 4.95. The van der Waals surface area contributed by atoms with Crippen LogP contribution in [-0.2, 0) is 17.6 Å². The highest BCUT2D eigenvalue weighted by molar-refractivity contribution is 7.18. The smallest absolute Gasteiger partial charge is 0.263 e. The summed E-state index contributed by atoms with van der Waals surface area (Å²) < 4.78 is 1.39. The summed E-state index contributed by atoms with van der Waals surface area (Å²) >= 11 is 13.7.